The van der Waals surface area contributed by atoms with Gasteiger partial charge in [0.2, 0.25) is 9.84 Å². The normalized spacial score (nSPS) is 12.4. The highest BCUT2D eigenvalue weighted by Gasteiger charge is 2.32. The lowest BCUT2D eigenvalue weighted by Crippen LogP contribution is -2.08. The Morgan fingerprint density at radius 3 is 2.30 bits per heavy atom. The second-order valence-electron chi connectivity index (χ2n) is 3.84. The molecule has 8 heteroatoms. The van der Waals surface area contributed by atoms with Gasteiger partial charge in [0, 0.05) is 6.20 Å². The Kier molecular flexibility index (Phi) is 3.88. The van der Waals surface area contributed by atoms with Crippen LogP contribution in [0.25, 0.3) is 0 Å². The molecule has 0 aliphatic rings. The van der Waals surface area contributed by atoms with Crippen molar-refractivity contribution in [1.29, 1.82) is 0 Å². The van der Waals surface area contributed by atoms with Crippen LogP contribution in [0.15, 0.2) is 57.0 Å². The predicted octanol–water partition coefficient (Wildman–Crippen LogP) is 3.70. The summed E-state index contributed by atoms with van der Waals surface area (Å²) in [7, 11) is -4.01. The van der Waals surface area contributed by atoms with Gasteiger partial charge in [0.25, 0.3) is 0 Å². The molecule has 0 fully saturated rings. The van der Waals surface area contributed by atoms with Gasteiger partial charge in [-0.1, -0.05) is 6.07 Å². The van der Waals surface area contributed by atoms with Crippen LogP contribution in [0.4, 0.5) is 13.2 Å². The molecule has 0 saturated carbocycles. The number of sulfone groups is 1. The summed E-state index contributed by atoms with van der Waals surface area (Å²) in [5, 5.41) is 0. The lowest BCUT2D eigenvalue weighted by molar-refractivity contribution is -0.137. The number of rotatable bonds is 2. The molecule has 0 spiro atoms. The molecule has 0 aliphatic heterocycles. The van der Waals surface area contributed by atoms with E-state index in [4.69, 9.17) is 0 Å². The van der Waals surface area contributed by atoms with Crippen molar-refractivity contribution in [2.75, 3.05) is 0 Å². The third kappa shape index (κ3) is 3.01. The number of hydrogen-bond donors (Lipinski definition) is 0. The lowest BCUT2D eigenvalue weighted by Gasteiger charge is -2.09. The molecule has 0 amide bonds. The Labute approximate surface area is 121 Å². The van der Waals surface area contributed by atoms with Gasteiger partial charge in [-0.25, -0.2) is 13.4 Å². The van der Waals surface area contributed by atoms with E-state index in [0.717, 1.165) is 18.2 Å². The summed E-state index contributed by atoms with van der Waals surface area (Å²) in [5.74, 6) is 0. The topological polar surface area (TPSA) is 47.0 Å². The summed E-state index contributed by atoms with van der Waals surface area (Å²) in [6.07, 6.45) is -3.34. The molecule has 1 aromatic carbocycles. The van der Waals surface area contributed by atoms with E-state index in [1.807, 2.05) is 0 Å². The van der Waals surface area contributed by atoms with Crippen molar-refractivity contribution in [3.8, 4) is 0 Å². The van der Waals surface area contributed by atoms with Crippen molar-refractivity contribution in [1.82, 2.24) is 4.98 Å². The molecule has 0 unspecified atom stereocenters. The molecular formula is C12H7BrF3NO2S. The third-order valence-corrected chi connectivity index (χ3v) is 4.66. The summed E-state index contributed by atoms with van der Waals surface area (Å²) in [4.78, 5) is 3.24. The minimum absolute atomic E-state index is 0.126. The largest absolute Gasteiger partial charge is 0.416 e. The van der Waals surface area contributed by atoms with Crippen LogP contribution in [-0.4, -0.2) is 13.4 Å². The van der Waals surface area contributed by atoms with Crippen molar-refractivity contribution in [2.24, 2.45) is 0 Å². The highest BCUT2D eigenvalue weighted by atomic mass is 79.9. The van der Waals surface area contributed by atoms with E-state index in [0.29, 0.717) is 6.07 Å². The Bertz CT molecular complexity index is 744. The standard InChI is InChI=1S/C12H7BrF3NO2S/c13-11-7-10(4-5-17-11)20(18,19)9-3-1-2-8(6-9)12(14,15)16/h1-7H. The lowest BCUT2D eigenvalue weighted by atomic mass is 10.2. The van der Waals surface area contributed by atoms with Gasteiger partial charge in [0.15, 0.2) is 0 Å². The summed E-state index contributed by atoms with van der Waals surface area (Å²) >= 11 is 3.02. The minimum atomic E-state index is -4.59. The Balaban J connectivity index is 2.56. The molecular weight excluding hydrogens is 359 g/mol. The zero-order valence-corrected chi connectivity index (χ0v) is 12.1. The summed E-state index contributed by atoms with van der Waals surface area (Å²) in [6, 6.07) is 6.08. The highest BCUT2D eigenvalue weighted by molar-refractivity contribution is 9.10. The maximum Gasteiger partial charge on any atom is 0.416 e. The molecule has 20 heavy (non-hydrogen) atoms. The predicted molar refractivity (Wildman–Crippen MR) is 68.8 cm³/mol. The van der Waals surface area contributed by atoms with Crippen molar-refractivity contribution in [2.45, 2.75) is 16.0 Å². The monoisotopic (exact) mass is 365 g/mol. The number of halogens is 4. The Morgan fingerprint density at radius 1 is 1.05 bits per heavy atom. The van der Waals surface area contributed by atoms with Crippen LogP contribution in [0.5, 0.6) is 0 Å². The van der Waals surface area contributed by atoms with Crippen molar-refractivity contribution in [3.63, 3.8) is 0 Å². The maximum absolute atomic E-state index is 12.6. The van der Waals surface area contributed by atoms with Gasteiger partial charge in [-0.3, -0.25) is 0 Å². The number of pyridine rings is 1. The van der Waals surface area contributed by atoms with Gasteiger partial charge >= 0.3 is 6.18 Å². The molecule has 0 N–H and O–H groups in total. The fourth-order valence-corrected chi connectivity index (χ4v) is 3.36. The Hall–Kier alpha value is -1.41. The van der Waals surface area contributed by atoms with Crippen LogP contribution in [0.1, 0.15) is 5.56 Å². The molecule has 1 heterocycles. The van der Waals surface area contributed by atoms with Crippen LogP contribution >= 0.6 is 15.9 Å². The van der Waals surface area contributed by atoms with E-state index in [1.54, 1.807) is 0 Å². The van der Waals surface area contributed by atoms with E-state index < -0.39 is 26.5 Å². The van der Waals surface area contributed by atoms with Crippen molar-refractivity contribution in [3.05, 3.63) is 52.8 Å². The fraction of sp³-hybridized carbons (Fsp3) is 0.0833. The van der Waals surface area contributed by atoms with Gasteiger partial charge in [0.05, 0.1) is 15.4 Å². The molecule has 0 atom stereocenters. The number of benzene rings is 1. The zero-order chi connectivity index (χ0) is 15.0. The molecule has 1 aromatic heterocycles. The van der Waals surface area contributed by atoms with Gasteiger partial charge in [-0.05, 0) is 46.3 Å². The Morgan fingerprint density at radius 2 is 1.70 bits per heavy atom. The van der Waals surface area contributed by atoms with Crippen LogP contribution in [0.2, 0.25) is 0 Å². The molecule has 0 bridgehead atoms. The number of aromatic nitrogens is 1. The average Bonchev–Trinajstić information content (AvgIpc) is 2.38. The highest BCUT2D eigenvalue weighted by Crippen LogP contribution is 2.32. The van der Waals surface area contributed by atoms with E-state index in [-0.39, 0.29) is 9.50 Å². The fourth-order valence-electron chi connectivity index (χ4n) is 1.53. The summed E-state index contributed by atoms with van der Waals surface area (Å²) < 4.78 is 62.6. The van der Waals surface area contributed by atoms with Crippen molar-refractivity contribution >= 4 is 25.8 Å². The van der Waals surface area contributed by atoms with Crippen LogP contribution < -0.4 is 0 Å². The second kappa shape index (κ2) is 5.17. The molecule has 0 aliphatic carbocycles. The van der Waals surface area contributed by atoms with Crippen LogP contribution in [0, 0.1) is 0 Å². The average molecular weight is 366 g/mol. The molecule has 0 saturated heterocycles. The number of nitrogens with zero attached hydrogens (tertiary/aromatic N) is 1. The summed E-state index contributed by atoms with van der Waals surface area (Å²) in [6.45, 7) is 0. The van der Waals surface area contributed by atoms with Gasteiger partial charge in [0.1, 0.15) is 4.60 Å². The van der Waals surface area contributed by atoms with E-state index in [9.17, 15) is 21.6 Å². The molecule has 2 aromatic rings. The number of alkyl halides is 3. The number of hydrogen-bond acceptors (Lipinski definition) is 3. The van der Waals surface area contributed by atoms with Crippen LogP contribution in [-0.2, 0) is 16.0 Å². The first-order valence-electron chi connectivity index (χ1n) is 5.25. The molecule has 2 rings (SSSR count). The van der Waals surface area contributed by atoms with Gasteiger partial charge < -0.3 is 0 Å². The molecule has 3 nitrogen and oxygen atoms in total. The summed E-state index contributed by atoms with van der Waals surface area (Å²) in [5.41, 5.74) is -1.01. The second-order valence-corrected chi connectivity index (χ2v) is 6.61. The van der Waals surface area contributed by atoms with E-state index in [2.05, 4.69) is 20.9 Å². The molecule has 0 radical (unpaired) electrons. The first-order chi connectivity index (χ1) is 9.21. The molecule has 106 valence electrons. The smallest absolute Gasteiger partial charge is 0.249 e. The minimum Gasteiger partial charge on any atom is -0.249 e. The first kappa shape index (κ1) is 15.0. The van der Waals surface area contributed by atoms with Crippen LogP contribution in [0.3, 0.4) is 0 Å². The first-order valence-corrected chi connectivity index (χ1v) is 7.53. The SMILES string of the molecule is O=S(=O)(c1cccc(C(F)(F)F)c1)c1ccnc(Br)c1. The van der Waals surface area contributed by atoms with Gasteiger partial charge in [-0.15, -0.1) is 0 Å². The van der Waals surface area contributed by atoms with Gasteiger partial charge in [-0.2, -0.15) is 13.2 Å². The zero-order valence-electron chi connectivity index (χ0n) is 9.73. The quantitative estimate of drug-likeness (QED) is 0.762. The third-order valence-electron chi connectivity index (χ3n) is 2.48. The van der Waals surface area contributed by atoms with E-state index in [1.165, 1.54) is 18.3 Å². The van der Waals surface area contributed by atoms with E-state index >= 15 is 0 Å². The van der Waals surface area contributed by atoms with Crippen molar-refractivity contribution < 1.29 is 21.6 Å². The maximum atomic E-state index is 12.6.